The van der Waals surface area contributed by atoms with E-state index in [-0.39, 0.29) is 30.8 Å². The first-order valence-electron chi connectivity index (χ1n) is 10.5. The van der Waals surface area contributed by atoms with Gasteiger partial charge in [0.25, 0.3) is 0 Å². The molecule has 2 rings (SSSR count). The molecule has 0 bridgehead atoms. The molecule has 172 valence electrons. The molecular formula is C22H34N4O5. The summed E-state index contributed by atoms with van der Waals surface area (Å²) in [4.78, 5) is 40.9. The van der Waals surface area contributed by atoms with E-state index in [1.54, 1.807) is 21.1 Å². The number of carboxylic acid groups (broad SMARTS) is 1. The molecule has 1 aromatic rings. The molecule has 1 saturated heterocycles. The van der Waals surface area contributed by atoms with Gasteiger partial charge in [0.05, 0.1) is 13.2 Å². The maximum Gasteiger partial charge on any atom is 0.327 e. The number of methoxy groups -OCH3 is 1. The van der Waals surface area contributed by atoms with Gasteiger partial charge in [-0.1, -0.05) is 26.0 Å². The quantitative estimate of drug-likeness (QED) is 0.520. The number of nitrogens with one attached hydrogen (secondary N) is 2. The summed E-state index contributed by atoms with van der Waals surface area (Å²) in [7, 11) is 3.27. The number of hydrogen-bond donors (Lipinski definition) is 3. The molecule has 0 aliphatic carbocycles. The van der Waals surface area contributed by atoms with Crippen LogP contribution in [0.2, 0.25) is 0 Å². The van der Waals surface area contributed by atoms with E-state index >= 15 is 0 Å². The average Bonchev–Trinajstić information content (AvgIpc) is 2.76. The van der Waals surface area contributed by atoms with E-state index < -0.39 is 24.1 Å². The van der Waals surface area contributed by atoms with Gasteiger partial charge in [0.2, 0.25) is 11.8 Å². The lowest BCUT2D eigenvalue weighted by Crippen LogP contribution is -2.63. The van der Waals surface area contributed by atoms with Crippen LogP contribution in [0.1, 0.15) is 26.3 Å². The monoisotopic (exact) mass is 434 g/mol. The van der Waals surface area contributed by atoms with Crippen molar-refractivity contribution in [3.63, 3.8) is 0 Å². The van der Waals surface area contributed by atoms with E-state index in [1.807, 2.05) is 43.0 Å². The second kappa shape index (κ2) is 11.1. The van der Waals surface area contributed by atoms with E-state index in [9.17, 15) is 19.5 Å². The number of carbonyl (C=O) groups is 3. The van der Waals surface area contributed by atoms with Gasteiger partial charge in [-0.25, -0.2) is 4.79 Å². The zero-order valence-corrected chi connectivity index (χ0v) is 18.9. The smallest absolute Gasteiger partial charge is 0.327 e. The predicted molar refractivity (Wildman–Crippen MR) is 117 cm³/mol. The van der Waals surface area contributed by atoms with Gasteiger partial charge in [0.15, 0.2) is 0 Å². The van der Waals surface area contributed by atoms with E-state index in [0.29, 0.717) is 13.1 Å². The molecule has 9 heteroatoms. The van der Waals surface area contributed by atoms with Crippen LogP contribution in [0.5, 0.6) is 5.75 Å². The summed E-state index contributed by atoms with van der Waals surface area (Å²) in [6.07, 6.45) is 0. The van der Waals surface area contributed by atoms with Crippen molar-refractivity contribution in [2.24, 2.45) is 5.92 Å². The maximum atomic E-state index is 13.2. The molecule has 0 saturated carbocycles. The number of carboxylic acids is 1. The zero-order valence-electron chi connectivity index (χ0n) is 18.9. The highest BCUT2D eigenvalue weighted by molar-refractivity contribution is 5.92. The van der Waals surface area contributed by atoms with Gasteiger partial charge < -0.3 is 25.4 Å². The van der Waals surface area contributed by atoms with Crippen molar-refractivity contribution in [2.75, 3.05) is 33.8 Å². The standard InChI is InChI=1S/C22H34N4O5/c1-14(2)19(24-20(27)15(3)23-4)21(28)26-11-10-25(13-18(26)22(29)30)12-16-6-8-17(31-5)9-7-16/h6-9,14-15,18-19,23H,10-13H2,1-5H3,(H,24,27)(H,29,30). The first-order valence-corrected chi connectivity index (χ1v) is 10.5. The minimum absolute atomic E-state index is 0.174. The Bertz CT molecular complexity index is 768. The summed E-state index contributed by atoms with van der Waals surface area (Å²) in [5.41, 5.74) is 1.04. The Morgan fingerprint density at radius 2 is 1.81 bits per heavy atom. The normalized spacial score (nSPS) is 19.0. The summed E-state index contributed by atoms with van der Waals surface area (Å²) in [6.45, 7) is 7.01. The Labute approximate surface area is 183 Å². The molecule has 0 radical (unpaired) electrons. The second-order valence-electron chi connectivity index (χ2n) is 8.21. The van der Waals surface area contributed by atoms with E-state index in [2.05, 4.69) is 10.6 Å². The number of piperazine rings is 1. The van der Waals surface area contributed by atoms with Gasteiger partial charge in [-0.05, 0) is 37.6 Å². The van der Waals surface area contributed by atoms with Crippen LogP contribution in [0.25, 0.3) is 0 Å². The van der Waals surface area contributed by atoms with Crippen molar-refractivity contribution in [3.05, 3.63) is 29.8 Å². The van der Waals surface area contributed by atoms with Gasteiger partial charge in [-0.3, -0.25) is 14.5 Å². The third-order valence-electron chi connectivity index (χ3n) is 5.65. The van der Waals surface area contributed by atoms with Gasteiger partial charge in [-0.2, -0.15) is 0 Å². The molecule has 0 spiro atoms. The molecule has 1 aliphatic heterocycles. The van der Waals surface area contributed by atoms with Crippen molar-refractivity contribution >= 4 is 17.8 Å². The van der Waals surface area contributed by atoms with E-state index in [0.717, 1.165) is 11.3 Å². The number of carbonyl (C=O) groups excluding carboxylic acids is 2. The van der Waals surface area contributed by atoms with Crippen LogP contribution < -0.4 is 15.4 Å². The lowest BCUT2D eigenvalue weighted by molar-refractivity contribution is -0.155. The van der Waals surface area contributed by atoms with Crippen LogP contribution in [0, 0.1) is 5.92 Å². The fourth-order valence-corrected chi connectivity index (χ4v) is 3.55. The van der Waals surface area contributed by atoms with E-state index in [1.165, 1.54) is 4.90 Å². The molecule has 3 atom stereocenters. The highest BCUT2D eigenvalue weighted by atomic mass is 16.5. The Kier molecular flexibility index (Phi) is 8.82. The number of likely N-dealkylation sites (N-methyl/N-ethyl adjacent to an activating group) is 1. The summed E-state index contributed by atoms with van der Waals surface area (Å²) < 4.78 is 5.17. The van der Waals surface area contributed by atoms with E-state index in [4.69, 9.17) is 4.74 Å². The zero-order chi connectivity index (χ0) is 23.1. The molecule has 1 fully saturated rings. The summed E-state index contributed by atoms with van der Waals surface area (Å²) in [5.74, 6) is -1.11. The molecule has 1 aromatic carbocycles. The highest BCUT2D eigenvalue weighted by Crippen LogP contribution is 2.18. The lowest BCUT2D eigenvalue weighted by Gasteiger charge is -2.41. The Hall–Kier alpha value is -2.65. The van der Waals surface area contributed by atoms with Crippen molar-refractivity contribution < 1.29 is 24.2 Å². The molecule has 1 aliphatic rings. The first-order chi connectivity index (χ1) is 14.7. The number of rotatable bonds is 9. The average molecular weight is 435 g/mol. The molecule has 2 amide bonds. The van der Waals surface area contributed by atoms with Crippen molar-refractivity contribution in [2.45, 2.75) is 45.4 Å². The molecule has 9 nitrogen and oxygen atoms in total. The summed E-state index contributed by atoms with van der Waals surface area (Å²) in [6, 6.07) is 5.42. The maximum absolute atomic E-state index is 13.2. The third-order valence-corrected chi connectivity index (χ3v) is 5.65. The summed E-state index contributed by atoms with van der Waals surface area (Å²) >= 11 is 0. The fraction of sp³-hybridized carbons (Fsp3) is 0.591. The SMILES string of the molecule is CNC(C)C(=O)NC(C(=O)N1CCN(Cc2ccc(OC)cc2)CC1C(=O)O)C(C)C. The van der Waals surface area contributed by atoms with Crippen LogP contribution in [0.4, 0.5) is 0 Å². The minimum Gasteiger partial charge on any atom is -0.497 e. The van der Waals surface area contributed by atoms with Gasteiger partial charge in [-0.15, -0.1) is 0 Å². The van der Waals surface area contributed by atoms with Gasteiger partial charge >= 0.3 is 5.97 Å². The van der Waals surface area contributed by atoms with Crippen LogP contribution in [0.15, 0.2) is 24.3 Å². The van der Waals surface area contributed by atoms with Gasteiger partial charge in [0, 0.05) is 26.2 Å². The Morgan fingerprint density at radius 3 is 2.32 bits per heavy atom. The molecular weight excluding hydrogens is 400 g/mol. The van der Waals surface area contributed by atoms with Crippen LogP contribution in [-0.2, 0) is 20.9 Å². The number of benzene rings is 1. The highest BCUT2D eigenvalue weighted by Gasteiger charge is 2.39. The second-order valence-corrected chi connectivity index (χ2v) is 8.21. The van der Waals surface area contributed by atoms with Crippen molar-refractivity contribution in [1.29, 1.82) is 0 Å². The molecule has 3 N–H and O–H groups in total. The molecule has 3 unspecified atom stereocenters. The largest absolute Gasteiger partial charge is 0.497 e. The topological polar surface area (TPSA) is 111 Å². The lowest BCUT2D eigenvalue weighted by atomic mass is 10.00. The minimum atomic E-state index is -1.05. The van der Waals surface area contributed by atoms with Crippen LogP contribution in [0.3, 0.4) is 0 Å². The van der Waals surface area contributed by atoms with Crippen LogP contribution in [-0.4, -0.2) is 84.6 Å². The number of hydrogen-bond acceptors (Lipinski definition) is 6. The predicted octanol–water partition coefficient (Wildman–Crippen LogP) is 0.541. The van der Waals surface area contributed by atoms with Crippen molar-refractivity contribution in [1.82, 2.24) is 20.4 Å². The summed E-state index contributed by atoms with van der Waals surface area (Å²) in [5, 5.41) is 15.4. The molecule has 31 heavy (non-hydrogen) atoms. The number of amides is 2. The fourth-order valence-electron chi connectivity index (χ4n) is 3.55. The first kappa shape index (κ1) is 24.6. The third kappa shape index (κ3) is 6.41. The van der Waals surface area contributed by atoms with Crippen LogP contribution >= 0.6 is 0 Å². The number of nitrogens with zero attached hydrogens (tertiary/aromatic N) is 2. The Balaban J connectivity index is 2.10. The number of aliphatic carboxylic acids is 1. The molecule has 1 heterocycles. The van der Waals surface area contributed by atoms with Crippen molar-refractivity contribution in [3.8, 4) is 5.75 Å². The Morgan fingerprint density at radius 1 is 1.16 bits per heavy atom. The van der Waals surface area contributed by atoms with Gasteiger partial charge in [0.1, 0.15) is 17.8 Å². The number of ether oxygens (including phenoxy) is 1. The molecule has 0 aromatic heterocycles.